The quantitative estimate of drug-likeness (QED) is 0.237. The van der Waals surface area contributed by atoms with E-state index >= 15 is 0 Å². The molecule has 0 aromatic heterocycles. The Morgan fingerprint density at radius 1 is 1.11 bits per heavy atom. The maximum atomic E-state index is 11.4. The zero-order chi connectivity index (χ0) is 19.4. The Bertz CT molecular complexity index is 736. The van der Waals surface area contributed by atoms with Crippen molar-refractivity contribution in [3.8, 4) is 0 Å². The number of carbonyl (C=O) groups is 1. The van der Waals surface area contributed by atoms with Crippen molar-refractivity contribution in [2.75, 3.05) is 0 Å². The lowest BCUT2D eigenvalue weighted by molar-refractivity contribution is -0.148. The van der Waals surface area contributed by atoms with E-state index in [2.05, 4.69) is 31.2 Å². The van der Waals surface area contributed by atoms with Gasteiger partial charge in [-0.1, -0.05) is 36.7 Å². The SMILES string of the molecule is CC(=O)O[C@H]1CC[C@@]2(C)C(=CC[C@@H]3[C@H]2CC[C@]2(C)C(/C(C)=N/O)=CC[C@@H]32)C1. The Kier molecular flexibility index (Phi) is 4.51. The third-order valence-electron chi connectivity index (χ3n) is 8.51. The topological polar surface area (TPSA) is 58.9 Å². The second-order valence-corrected chi connectivity index (χ2v) is 9.73. The van der Waals surface area contributed by atoms with Crippen LogP contribution in [0.25, 0.3) is 0 Å². The number of hydrogen-bond donors (Lipinski definition) is 1. The summed E-state index contributed by atoms with van der Waals surface area (Å²) >= 11 is 0. The molecule has 4 nitrogen and oxygen atoms in total. The average molecular weight is 372 g/mol. The molecule has 0 aromatic rings. The summed E-state index contributed by atoms with van der Waals surface area (Å²) in [5.74, 6) is 1.90. The molecular weight excluding hydrogens is 338 g/mol. The minimum atomic E-state index is -0.156. The molecule has 1 N–H and O–H groups in total. The minimum Gasteiger partial charge on any atom is -0.462 e. The molecule has 4 aliphatic rings. The van der Waals surface area contributed by atoms with Crippen LogP contribution in [0.2, 0.25) is 0 Å². The number of nitrogens with zero attached hydrogens (tertiary/aromatic N) is 1. The Balaban J connectivity index is 1.59. The van der Waals surface area contributed by atoms with Gasteiger partial charge in [0.05, 0.1) is 5.71 Å². The molecule has 0 saturated heterocycles. The van der Waals surface area contributed by atoms with Gasteiger partial charge in [0.15, 0.2) is 0 Å². The van der Waals surface area contributed by atoms with Gasteiger partial charge in [0.25, 0.3) is 0 Å². The van der Waals surface area contributed by atoms with Gasteiger partial charge >= 0.3 is 5.97 Å². The van der Waals surface area contributed by atoms with Gasteiger partial charge in [-0.05, 0) is 79.6 Å². The van der Waals surface area contributed by atoms with Crippen molar-refractivity contribution in [3.63, 3.8) is 0 Å². The van der Waals surface area contributed by atoms with E-state index in [0.29, 0.717) is 17.8 Å². The first-order chi connectivity index (χ1) is 12.8. The van der Waals surface area contributed by atoms with Gasteiger partial charge in [0.2, 0.25) is 0 Å². The summed E-state index contributed by atoms with van der Waals surface area (Å²) < 4.78 is 5.53. The molecule has 2 fully saturated rings. The van der Waals surface area contributed by atoms with Crippen molar-refractivity contribution in [3.05, 3.63) is 23.3 Å². The van der Waals surface area contributed by atoms with E-state index in [1.807, 2.05) is 6.92 Å². The smallest absolute Gasteiger partial charge is 0.302 e. The molecule has 4 rings (SSSR count). The normalized spacial score (nSPS) is 43.8. The number of allylic oxidation sites excluding steroid dienone is 3. The zero-order valence-corrected chi connectivity index (χ0v) is 17.1. The zero-order valence-electron chi connectivity index (χ0n) is 17.1. The lowest BCUT2D eigenvalue weighted by atomic mass is 9.47. The fourth-order valence-corrected chi connectivity index (χ4v) is 7.14. The molecule has 148 valence electrons. The molecule has 27 heavy (non-hydrogen) atoms. The summed E-state index contributed by atoms with van der Waals surface area (Å²) in [6.45, 7) is 8.30. The van der Waals surface area contributed by atoms with Gasteiger partial charge in [-0.3, -0.25) is 4.79 Å². The second-order valence-electron chi connectivity index (χ2n) is 9.73. The van der Waals surface area contributed by atoms with E-state index in [0.717, 1.165) is 37.8 Å². The molecule has 0 spiro atoms. The Hall–Kier alpha value is -1.58. The highest BCUT2D eigenvalue weighted by atomic mass is 16.5. The monoisotopic (exact) mass is 371 g/mol. The summed E-state index contributed by atoms with van der Waals surface area (Å²) in [6, 6.07) is 0. The summed E-state index contributed by atoms with van der Waals surface area (Å²) in [7, 11) is 0. The molecule has 0 radical (unpaired) electrons. The lowest BCUT2D eigenvalue weighted by Crippen LogP contribution is -2.50. The van der Waals surface area contributed by atoms with Crippen molar-refractivity contribution in [1.29, 1.82) is 0 Å². The number of ether oxygens (including phenoxy) is 1. The van der Waals surface area contributed by atoms with Crippen molar-refractivity contribution in [2.24, 2.45) is 33.7 Å². The van der Waals surface area contributed by atoms with Crippen LogP contribution in [0.3, 0.4) is 0 Å². The predicted octanol–water partition coefficient (Wildman–Crippen LogP) is 5.27. The average Bonchev–Trinajstić information content (AvgIpc) is 2.98. The number of hydrogen-bond acceptors (Lipinski definition) is 4. The Morgan fingerprint density at radius 2 is 1.85 bits per heavy atom. The number of rotatable bonds is 2. The van der Waals surface area contributed by atoms with E-state index in [1.54, 1.807) is 0 Å². The first kappa shape index (κ1) is 18.8. The molecule has 4 aliphatic carbocycles. The van der Waals surface area contributed by atoms with E-state index in [9.17, 15) is 10.0 Å². The first-order valence-electron chi connectivity index (χ1n) is 10.6. The van der Waals surface area contributed by atoms with Gasteiger partial charge in [0.1, 0.15) is 6.10 Å². The molecule has 0 aliphatic heterocycles. The number of esters is 1. The first-order valence-corrected chi connectivity index (χ1v) is 10.6. The predicted molar refractivity (Wildman–Crippen MR) is 106 cm³/mol. The van der Waals surface area contributed by atoms with Crippen molar-refractivity contribution < 1.29 is 14.7 Å². The molecule has 4 heteroatoms. The third kappa shape index (κ3) is 2.78. The van der Waals surface area contributed by atoms with Crippen molar-refractivity contribution in [2.45, 2.75) is 78.7 Å². The molecule has 2 saturated carbocycles. The highest BCUT2D eigenvalue weighted by molar-refractivity contribution is 5.99. The van der Waals surface area contributed by atoms with Crippen LogP contribution in [0.5, 0.6) is 0 Å². The largest absolute Gasteiger partial charge is 0.462 e. The summed E-state index contributed by atoms with van der Waals surface area (Å²) in [5.41, 5.74) is 3.99. The summed E-state index contributed by atoms with van der Waals surface area (Å²) in [4.78, 5) is 11.4. The molecule has 6 atom stereocenters. The minimum absolute atomic E-state index is 0.0652. The van der Waals surface area contributed by atoms with Crippen LogP contribution < -0.4 is 0 Å². The van der Waals surface area contributed by atoms with E-state index in [4.69, 9.17) is 4.74 Å². The highest BCUT2D eigenvalue weighted by Crippen LogP contribution is 2.65. The van der Waals surface area contributed by atoms with Crippen LogP contribution in [0.15, 0.2) is 28.5 Å². The number of carbonyl (C=O) groups excluding carboxylic acids is 1. The van der Waals surface area contributed by atoms with Crippen LogP contribution in [-0.4, -0.2) is 23.0 Å². The second kappa shape index (κ2) is 6.49. The number of oxime groups is 1. The summed E-state index contributed by atoms with van der Waals surface area (Å²) in [5, 5.41) is 12.8. The molecule has 0 aromatic carbocycles. The van der Waals surface area contributed by atoms with E-state index in [1.165, 1.54) is 30.9 Å². The van der Waals surface area contributed by atoms with Crippen LogP contribution in [0.1, 0.15) is 72.6 Å². The van der Waals surface area contributed by atoms with Crippen molar-refractivity contribution in [1.82, 2.24) is 0 Å². The van der Waals surface area contributed by atoms with E-state index < -0.39 is 0 Å². The Labute approximate surface area is 162 Å². The standard InChI is InChI=1S/C23H33NO3/c1-14(24-26)19-7-8-20-18-6-5-16-13-17(27-15(2)25)9-11-22(16,3)21(18)10-12-23(19,20)4/h5,7,17-18,20-21,26H,6,8-13H2,1-4H3/b24-14+/t17-,18-,20-,21+,22-,23+/m0/s1. The summed E-state index contributed by atoms with van der Waals surface area (Å²) in [6.07, 6.45) is 12.6. The number of fused-ring (bicyclic) bond motifs is 5. The lowest BCUT2D eigenvalue weighted by Gasteiger charge is -2.57. The van der Waals surface area contributed by atoms with E-state index in [-0.39, 0.29) is 22.9 Å². The highest BCUT2D eigenvalue weighted by Gasteiger charge is 2.57. The molecule has 0 unspecified atom stereocenters. The van der Waals surface area contributed by atoms with Gasteiger partial charge < -0.3 is 9.94 Å². The fourth-order valence-electron chi connectivity index (χ4n) is 7.14. The van der Waals surface area contributed by atoms with Gasteiger partial charge in [-0.25, -0.2) is 0 Å². The van der Waals surface area contributed by atoms with Crippen LogP contribution >= 0.6 is 0 Å². The maximum absolute atomic E-state index is 11.4. The van der Waals surface area contributed by atoms with Crippen molar-refractivity contribution >= 4 is 11.7 Å². The van der Waals surface area contributed by atoms with Gasteiger partial charge in [-0.15, -0.1) is 0 Å². The third-order valence-corrected chi connectivity index (χ3v) is 8.51. The molecule has 0 heterocycles. The maximum Gasteiger partial charge on any atom is 0.302 e. The fraction of sp³-hybridized carbons (Fsp3) is 0.739. The molecule has 0 bridgehead atoms. The van der Waals surface area contributed by atoms with Gasteiger partial charge in [0, 0.05) is 13.3 Å². The Morgan fingerprint density at radius 3 is 2.56 bits per heavy atom. The van der Waals surface area contributed by atoms with Crippen LogP contribution in [0, 0.1) is 28.6 Å². The molecule has 0 amide bonds. The van der Waals surface area contributed by atoms with Gasteiger partial charge in [-0.2, -0.15) is 0 Å². The molecular formula is C23H33NO3. The van der Waals surface area contributed by atoms with Crippen LogP contribution in [0.4, 0.5) is 0 Å². The van der Waals surface area contributed by atoms with Crippen LogP contribution in [-0.2, 0) is 9.53 Å².